The van der Waals surface area contributed by atoms with E-state index in [1.165, 1.54) is 18.2 Å². The largest absolute Gasteiger partial charge is 0.397 e. The molecular weight excluding hydrogens is 284 g/mol. The van der Waals surface area contributed by atoms with Crippen LogP contribution in [0.1, 0.15) is 6.42 Å². The average Bonchev–Trinajstić information content (AvgIpc) is 2.27. The van der Waals surface area contributed by atoms with Crippen molar-refractivity contribution in [3.8, 4) is 0 Å². The monoisotopic (exact) mass is 296 g/mol. The number of allylic oxidation sites excluding steroid dienone is 1. The predicted molar refractivity (Wildman–Crippen MR) is 62.1 cm³/mol. The Kier molecular flexibility index (Phi) is 4.73. The highest BCUT2D eigenvalue weighted by Crippen LogP contribution is 2.18. The molecular formula is C8H12N2O6S2. The molecule has 0 aromatic carbocycles. The van der Waals surface area contributed by atoms with Crippen molar-refractivity contribution in [3.05, 3.63) is 23.1 Å². The normalized spacial score (nSPS) is 20.5. The Morgan fingerprint density at radius 2 is 2.11 bits per heavy atom. The Labute approximate surface area is 105 Å². The second-order valence-corrected chi connectivity index (χ2v) is 6.67. The first-order chi connectivity index (χ1) is 8.24. The lowest BCUT2D eigenvalue weighted by Gasteiger charge is -2.11. The fourth-order valence-corrected chi connectivity index (χ4v) is 2.86. The van der Waals surface area contributed by atoms with E-state index in [4.69, 9.17) is 10.1 Å². The molecule has 0 radical (unpaired) electrons. The maximum atomic E-state index is 11.7. The van der Waals surface area contributed by atoms with Gasteiger partial charge in [0.05, 0.1) is 23.3 Å². The average molecular weight is 296 g/mol. The molecule has 1 atom stereocenters. The van der Waals surface area contributed by atoms with Crippen molar-refractivity contribution in [1.29, 1.82) is 5.53 Å². The number of nitrogens with zero attached hydrogens (tertiary/aromatic N) is 1. The zero-order chi connectivity index (χ0) is 13.8. The Bertz CT molecular complexity index is 575. The van der Waals surface area contributed by atoms with Gasteiger partial charge in [-0.3, -0.25) is 4.55 Å². The van der Waals surface area contributed by atoms with Crippen molar-refractivity contribution in [3.63, 3.8) is 0 Å². The first-order valence-electron chi connectivity index (χ1n) is 4.84. The molecule has 10 heteroatoms. The highest BCUT2D eigenvalue weighted by atomic mass is 32.3. The van der Waals surface area contributed by atoms with E-state index in [0.29, 0.717) is 6.42 Å². The zero-order valence-corrected chi connectivity index (χ0v) is 10.8. The van der Waals surface area contributed by atoms with Crippen LogP contribution in [0, 0.1) is 5.53 Å². The van der Waals surface area contributed by atoms with Gasteiger partial charge in [-0.15, -0.1) is 0 Å². The van der Waals surface area contributed by atoms with E-state index in [-0.39, 0.29) is 10.9 Å². The molecule has 0 spiro atoms. The molecule has 0 aromatic heterocycles. The lowest BCUT2D eigenvalue weighted by Crippen LogP contribution is -2.17. The quantitative estimate of drug-likeness (QED) is 0.540. The second-order valence-electron chi connectivity index (χ2n) is 3.47. The SMILES string of the molecule is N=NC1C=CC(S(=O)(=O)CCOS(=O)(=O)O)=CC1. The summed E-state index contributed by atoms with van der Waals surface area (Å²) in [5, 5.41) is 3.25. The number of hydrogen-bond acceptors (Lipinski definition) is 7. The smallest absolute Gasteiger partial charge is 0.264 e. The van der Waals surface area contributed by atoms with Crippen LogP contribution in [0.4, 0.5) is 0 Å². The van der Waals surface area contributed by atoms with Crippen molar-refractivity contribution in [2.45, 2.75) is 12.5 Å². The highest BCUT2D eigenvalue weighted by molar-refractivity contribution is 7.95. The topological polar surface area (TPSA) is 134 Å². The van der Waals surface area contributed by atoms with Gasteiger partial charge < -0.3 is 0 Å². The van der Waals surface area contributed by atoms with Crippen LogP contribution in [0.2, 0.25) is 0 Å². The van der Waals surface area contributed by atoms with Gasteiger partial charge >= 0.3 is 10.4 Å². The lowest BCUT2D eigenvalue weighted by atomic mass is 10.1. The van der Waals surface area contributed by atoms with E-state index < -0.39 is 32.6 Å². The molecule has 1 rings (SSSR count). The van der Waals surface area contributed by atoms with E-state index in [1.54, 1.807) is 0 Å². The van der Waals surface area contributed by atoms with E-state index in [1.807, 2.05) is 0 Å². The van der Waals surface area contributed by atoms with Gasteiger partial charge in [0.1, 0.15) is 0 Å². The molecule has 0 amide bonds. The summed E-state index contributed by atoms with van der Waals surface area (Å²) >= 11 is 0. The molecule has 1 unspecified atom stereocenters. The van der Waals surface area contributed by atoms with Gasteiger partial charge in [0, 0.05) is 0 Å². The van der Waals surface area contributed by atoms with Gasteiger partial charge in [-0.25, -0.2) is 18.1 Å². The first-order valence-corrected chi connectivity index (χ1v) is 7.86. The minimum atomic E-state index is -4.63. The summed E-state index contributed by atoms with van der Waals surface area (Å²) in [7, 11) is -8.30. The molecule has 1 aliphatic carbocycles. The van der Waals surface area contributed by atoms with Gasteiger partial charge in [-0.05, 0) is 12.5 Å². The van der Waals surface area contributed by atoms with Crippen molar-refractivity contribution in [1.82, 2.24) is 0 Å². The molecule has 2 N–H and O–H groups in total. The summed E-state index contributed by atoms with van der Waals surface area (Å²) in [6.07, 6.45) is 4.50. The molecule has 8 nitrogen and oxygen atoms in total. The van der Waals surface area contributed by atoms with Crippen LogP contribution in [0.3, 0.4) is 0 Å². The Balaban J connectivity index is 2.63. The molecule has 0 saturated carbocycles. The van der Waals surface area contributed by atoms with Gasteiger partial charge in [0.2, 0.25) is 0 Å². The Hall–Kier alpha value is -1.10. The molecule has 18 heavy (non-hydrogen) atoms. The number of nitrogens with one attached hydrogen (secondary N) is 1. The third-order valence-corrected chi connectivity index (χ3v) is 4.34. The minimum Gasteiger partial charge on any atom is -0.264 e. The van der Waals surface area contributed by atoms with Crippen molar-refractivity contribution in [2.24, 2.45) is 5.11 Å². The van der Waals surface area contributed by atoms with Crippen LogP contribution in [0.25, 0.3) is 0 Å². The van der Waals surface area contributed by atoms with Crippen LogP contribution >= 0.6 is 0 Å². The number of sulfone groups is 1. The molecule has 1 aliphatic rings. The summed E-state index contributed by atoms with van der Waals surface area (Å²) in [6, 6.07) is -0.363. The Morgan fingerprint density at radius 3 is 2.56 bits per heavy atom. The fourth-order valence-electron chi connectivity index (χ4n) is 1.28. The molecule has 0 bridgehead atoms. The van der Waals surface area contributed by atoms with Crippen molar-refractivity contribution < 1.29 is 25.6 Å². The lowest BCUT2D eigenvalue weighted by molar-refractivity contribution is 0.284. The van der Waals surface area contributed by atoms with Crippen LogP contribution in [-0.4, -0.2) is 39.8 Å². The third-order valence-electron chi connectivity index (χ3n) is 2.15. The summed E-state index contributed by atoms with van der Waals surface area (Å²) in [4.78, 5) is 0.0290. The maximum Gasteiger partial charge on any atom is 0.397 e. The molecule has 0 fully saturated rings. The molecule has 102 valence electrons. The van der Waals surface area contributed by atoms with Crippen LogP contribution in [0.5, 0.6) is 0 Å². The van der Waals surface area contributed by atoms with Crippen LogP contribution in [-0.2, 0) is 24.4 Å². The maximum absolute atomic E-state index is 11.7. The minimum absolute atomic E-state index is 0.0290. The number of rotatable bonds is 6. The molecule has 0 aliphatic heterocycles. The van der Waals surface area contributed by atoms with E-state index in [0.717, 1.165) is 0 Å². The molecule has 0 saturated heterocycles. The van der Waals surface area contributed by atoms with Crippen LogP contribution in [0.15, 0.2) is 28.2 Å². The van der Waals surface area contributed by atoms with Crippen molar-refractivity contribution in [2.75, 3.05) is 12.4 Å². The highest BCUT2D eigenvalue weighted by Gasteiger charge is 2.20. The van der Waals surface area contributed by atoms with Gasteiger partial charge in [-0.1, -0.05) is 12.2 Å². The summed E-state index contributed by atoms with van der Waals surface area (Å²) in [6.45, 7) is -0.654. The zero-order valence-electron chi connectivity index (χ0n) is 9.18. The van der Waals surface area contributed by atoms with Gasteiger partial charge in [0.25, 0.3) is 0 Å². The van der Waals surface area contributed by atoms with Gasteiger partial charge in [-0.2, -0.15) is 13.5 Å². The first kappa shape index (κ1) is 15.0. The Morgan fingerprint density at radius 1 is 1.44 bits per heavy atom. The second kappa shape index (κ2) is 5.69. The molecule has 0 heterocycles. The molecule has 0 aromatic rings. The third kappa shape index (κ3) is 4.64. The van der Waals surface area contributed by atoms with E-state index >= 15 is 0 Å². The van der Waals surface area contributed by atoms with Crippen molar-refractivity contribution >= 4 is 20.2 Å². The summed E-state index contributed by atoms with van der Waals surface area (Å²) in [5.41, 5.74) is 6.78. The number of hydrogen-bond donors (Lipinski definition) is 2. The predicted octanol–water partition coefficient (Wildman–Crippen LogP) is 0.464. The summed E-state index contributed by atoms with van der Waals surface area (Å²) in [5.74, 6) is -0.564. The van der Waals surface area contributed by atoms with E-state index in [9.17, 15) is 16.8 Å². The fraction of sp³-hybridized carbons (Fsp3) is 0.500. The standard InChI is InChI=1S/C8H12N2O6S2/c9-10-7-1-3-8(4-2-7)17(11,12)6-5-16-18(13,14)15/h1,3-4,7,9H,2,5-6H2,(H,13,14,15). The van der Waals surface area contributed by atoms with E-state index in [2.05, 4.69) is 9.30 Å². The van der Waals surface area contributed by atoms with Crippen LogP contribution < -0.4 is 0 Å². The summed E-state index contributed by atoms with van der Waals surface area (Å²) < 4.78 is 56.2. The van der Waals surface area contributed by atoms with Gasteiger partial charge in [0.15, 0.2) is 9.84 Å².